The van der Waals surface area contributed by atoms with Crippen LogP contribution in [-0.2, 0) is 13.1 Å². The number of nitro benzene ring substituents is 1. The lowest BCUT2D eigenvalue weighted by Crippen LogP contribution is -2.06. The molecule has 24 heavy (non-hydrogen) atoms. The summed E-state index contributed by atoms with van der Waals surface area (Å²) >= 11 is 0. The van der Waals surface area contributed by atoms with Gasteiger partial charge in [-0.2, -0.15) is 5.10 Å². The number of aryl methyl sites for hydroxylation is 1. The van der Waals surface area contributed by atoms with Crippen LogP contribution in [0.25, 0.3) is 21.9 Å². The molecule has 0 fully saturated rings. The third-order valence-electron chi connectivity index (χ3n) is 4.14. The van der Waals surface area contributed by atoms with E-state index in [0.717, 1.165) is 21.9 Å². The summed E-state index contributed by atoms with van der Waals surface area (Å²) in [7, 11) is 0. The van der Waals surface area contributed by atoms with Crippen molar-refractivity contribution in [3.63, 3.8) is 0 Å². The Morgan fingerprint density at radius 1 is 1.12 bits per heavy atom. The van der Waals surface area contributed by atoms with E-state index >= 15 is 0 Å². The van der Waals surface area contributed by atoms with E-state index in [2.05, 4.69) is 15.4 Å². The van der Waals surface area contributed by atoms with Gasteiger partial charge in [-0.1, -0.05) is 17.3 Å². The Bertz CT molecular complexity index is 1060. The molecule has 2 aromatic carbocycles. The van der Waals surface area contributed by atoms with Gasteiger partial charge in [-0.25, -0.2) is 4.68 Å². The lowest BCUT2D eigenvalue weighted by Gasteiger charge is -2.06. The molecule has 4 rings (SSSR count). The molecule has 0 N–H and O–H groups in total. The van der Waals surface area contributed by atoms with Gasteiger partial charge in [-0.15, -0.1) is 5.10 Å². The molecule has 0 atom stereocenters. The third kappa shape index (κ3) is 2.11. The zero-order chi connectivity index (χ0) is 16.7. The molecule has 0 saturated heterocycles. The smallest absolute Gasteiger partial charge is 0.265 e. The predicted molar refractivity (Wildman–Crippen MR) is 88.7 cm³/mol. The maximum atomic E-state index is 11.5. The second-order valence-corrected chi connectivity index (χ2v) is 5.45. The highest BCUT2D eigenvalue weighted by molar-refractivity contribution is 5.86. The zero-order valence-electron chi connectivity index (χ0n) is 13.0. The minimum absolute atomic E-state index is 0.0673. The lowest BCUT2D eigenvalue weighted by molar-refractivity contribution is -0.385. The molecule has 0 aliphatic rings. The van der Waals surface area contributed by atoms with E-state index in [9.17, 15) is 10.1 Å². The predicted octanol–water partition coefficient (Wildman–Crippen LogP) is 2.76. The molecule has 0 spiro atoms. The van der Waals surface area contributed by atoms with E-state index in [1.54, 1.807) is 16.9 Å². The molecule has 0 aliphatic carbocycles. The third-order valence-corrected chi connectivity index (χ3v) is 4.14. The number of fused-ring (bicyclic) bond motifs is 2. The number of benzene rings is 2. The number of para-hydroxylation sites is 1. The fraction of sp³-hybridized carbons (Fsp3) is 0.188. The highest BCUT2D eigenvalue weighted by Gasteiger charge is 2.20. The van der Waals surface area contributed by atoms with Crippen LogP contribution in [-0.4, -0.2) is 29.7 Å². The summed E-state index contributed by atoms with van der Waals surface area (Å²) < 4.78 is 3.50. The van der Waals surface area contributed by atoms with Crippen LogP contribution in [0.4, 0.5) is 5.69 Å². The average Bonchev–Trinajstić information content (AvgIpc) is 3.19. The minimum atomic E-state index is -0.364. The summed E-state index contributed by atoms with van der Waals surface area (Å²) in [5.74, 6) is 0. The molecular weight excluding hydrogens is 308 g/mol. The zero-order valence-corrected chi connectivity index (χ0v) is 13.0. The number of nitrogens with zero attached hydrogens (tertiary/aromatic N) is 6. The van der Waals surface area contributed by atoms with Crippen molar-refractivity contribution in [1.29, 1.82) is 0 Å². The normalized spacial score (nSPS) is 11.4. The molecule has 0 aliphatic heterocycles. The number of hydrogen-bond acceptors (Lipinski definition) is 5. The number of aromatic nitrogens is 5. The van der Waals surface area contributed by atoms with Gasteiger partial charge in [0.1, 0.15) is 5.52 Å². The second-order valence-electron chi connectivity index (χ2n) is 5.45. The Kier molecular flexibility index (Phi) is 3.23. The van der Waals surface area contributed by atoms with Gasteiger partial charge >= 0.3 is 0 Å². The lowest BCUT2D eigenvalue weighted by atomic mass is 10.1. The average molecular weight is 322 g/mol. The van der Waals surface area contributed by atoms with Gasteiger partial charge in [0.05, 0.1) is 34.3 Å². The molecule has 0 amide bonds. The monoisotopic (exact) mass is 322 g/mol. The first-order chi connectivity index (χ1) is 11.7. The van der Waals surface area contributed by atoms with Crippen LogP contribution in [0.1, 0.15) is 12.5 Å². The molecule has 0 unspecified atom stereocenters. The van der Waals surface area contributed by atoms with Gasteiger partial charge in [-0.05, 0) is 25.1 Å². The first-order valence-corrected chi connectivity index (χ1v) is 7.59. The first-order valence-electron chi connectivity index (χ1n) is 7.59. The Morgan fingerprint density at radius 3 is 2.75 bits per heavy atom. The largest absolute Gasteiger partial charge is 0.275 e. The molecule has 120 valence electrons. The van der Waals surface area contributed by atoms with Gasteiger partial charge in [0.15, 0.2) is 0 Å². The summed E-state index contributed by atoms with van der Waals surface area (Å²) in [6.07, 6.45) is 1.68. The summed E-state index contributed by atoms with van der Waals surface area (Å²) in [6, 6.07) is 10.8. The van der Waals surface area contributed by atoms with E-state index in [4.69, 9.17) is 0 Å². The van der Waals surface area contributed by atoms with Gasteiger partial charge < -0.3 is 0 Å². The van der Waals surface area contributed by atoms with Crippen molar-refractivity contribution in [2.24, 2.45) is 0 Å². The molecule has 0 saturated carbocycles. The molecule has 0 radical (unpaired) electrons. The Hall–Kier alpha value is -3.29. The summed E-state index contributed by atoms with van der Waals surface area (Å²) in [6.45, 7) is 2.95. The van der Waals surface area contributed by atoms with E-state index in [0.29, 0.717) is 12.1 Å². The Morgan fingerprint density at radius 2 is 1.96 bits per heavy atom. The van der Waals surface area contributed by atoms with Crippen molar-refractivity contribution in [3.05, 3.63) is 58.3 Å². The SMILES string of the molecule is CCn1ncc2c(Cn3nnc4ccccc43)c([N+](=O)[O-])ccc21. The fourth-order valence-corrected chi connectivity index (χ4v) is 2.97. The van der Waals surface area contributed by atoms with E-state index < -0.39 is 0 Å². The van der Waals surface area contributed by atoms with E-state index in [1.165, 1.54) is 6.07 Å². The van der Waals surface area contributed by atoms with Gasteiger partial charge in [-0.3, -0.25) is 14.8 Å². The van der Waals surface area contributed by atoms with Crippen molar-refractivity contribution in [1.82, 2.24) is 24.8 Å². The Balaban J connectivity index is 1.92. The fourth-order valence-electron chi connectivity index (χ4n) is 2.97. The van der Waals surface area contributed by atoms with Crippen LogP contribution in [0.3, 0.4) is 0 Å². The summed E-state index contributed by atoms with van der Waals surface area (Å²) in [4.78, 5) is 11.1. The topological polar surface area (TPSA) is 91.7 Å². The van der Waals surface area contributed by atoms with Crippen LogP contribution in [0.5, 0.6) is 0 Å². The maximum absolute atomic E-state index is 11.5. The minimum Gasteiger partial charge on any atom is -0.265 e. The van der Waals surface area contributed by atoms with Gasteiger partial charge in [0.25, 0.3) is 5.69 Å². The number of rotatable bonds is 4. The first kappa shape index (κ1) is 14.3. The van der Waals surface area contributed by atoms with Crippen molar-refractivity contribution < 1.29 is 4.92 Å². The van der Waals surface area contributed by atoms with Crippen molar-refractivity contribution in [3.8, 4) is 0 Å². The number of hydrogen-bond donors (Lipinski definition) is 0. The van der Waals surface area contributed by atoms with Crippen molar-refractivity contribution in [2.45, 2.75) is 20.0 Å². The molecular formula is C16H14N6O2. The van der Waals surface area contributed by atoms with Crippen molar-refractivity contribution in [2.75, 3.05) is 0 Å². The molecule has 4 aromatic rings. The van der Waals surface area contributed by atoms with Crippen LogP contribution < -0.4 is 0 Å². The molecule has 0 bridgehead atoms. The van der Waals surface area contributed by atoms with E-state index in [1.807, 2.05) is 35.9 Å². The summed E-state index contributed by atoms with van der Waals surface area (Å²) in [5, 5.41) is 24.8. The second kappa shape index (κ2) is 5.41. The Labute approximate surface area is 136 Å². The van der Waals surface area contributed by atoms with Gasteiger partial charge in [0, 0.05) is 18.0 Å². The quantitative estimate of drug-likeness (QED) is 0.425. The molecule has 2 aromatic heterocycles. The van der Waals surface area contributed by atoms with Crippen molar-refractivity contribution >= 4 is 27.6 Å². The standard InChI is InChI=1S/C16H14N6O2/c1-2-20-14-7-8-15(22(23)24)12(11(14)9-17-20)10-21-16-6-4-3-5-13(16)18-19-21/h3-9H,2,10H2,1H3. The van der Waals surface area contributed by atoms with E-state index in [-0.39, 0.29) is 17.2 Å². The van der Waals surface area contributed by atoms with Crippen LogP contribution in [0.15, 0.2) is 42.6 Å². The molecule has 8 nitrogen and oxygen atoms in total. The van der Waals surface area contributed by atoms with Crippen LogP contribution in [0, 0.1) is 10.1 Å². The van der Waals surface area contributed by atoms with Crippen LogP contribution in [0.2, 0.25) is 0 Å². The maximum Gasteiger partial charge on any atom is 0.275 e. The number of nitro groups is 1. The molecule has 8 heteroatoms. The highest BCUT2D eigenvalue weighted by Crippen LogP contribution is 2.29. The molecule has 2 heterocycles. The highest BCUT2D eigenvalue weighted by atomic mass is 16.6. The van der Waals surface area contributed by atoms with Gasteiger partial charge in [0.2, 0.25) is 0 Å². The summed E-state index contributed by atoms with van der Waals surface area (Å²) in [5.41, 5.74) is 3.14. The van der Waals surface area contributed by atoms with Crippen LogP contribution >= 0.6 is 0 Å².